The van der Waals surface area contributed by atoms with Crippen LogP contribution in [0.3, 0.4) is 0 Å². The number of rotatable bonds is 26. The van der Waals surface area contributed by atoms with Gasteiger partial charge in [0.2, 0.25) is 5.91 Å². The molecule has 0 atom stereocenters. The van der Waals surface area contributed by atoms with Gasteiger partial charge in [-0.15, -0.1) is 0 Å². The van der Waals surface area contributed by atoms with Crippen LogP contribution in [-0.4, -0.2) is 128 Å². The molecule has 6 heterocycles. The number of carbonyl (C=O) groups excluding carboxylic acids is 1. The molecule has 0 spiro atoms. The number of halogens is 1. The Morgan fingerprint density at radius 1 is 0.347 bits per heavy atom. The van der Waals surface area contributed by atoms with E-state index in [4.69, 9.17) is 4.74 Å². The van der Waals surface area contributed by atoms with Crippen molar-refractivity contribution < 1.29 is 19.0 Å². The second kappa shape index (κ2) is 66.4. The molecular weight excluding hydrogens is 1840 g/mol. The Hall–Kier alpha value is -11.4. The lowest BCUT2D eigenvalue weighted by molar-refractivity contribution is -0.117. The van der Waals surface area contributed by atoms with Crippen LogP contribution in [0.4, 0.5) is 49.9 Å². The third kappa shape index (κ3) is 45.3. The van der Waals surface area contributed by atoms with Crippen molar-refractivity contribution in [3.63, 3.8) is 0 Å². The molecule has 11 aromatic carbocycles. The topological polar surface area (TPSA) is 86.2 Å². The molecule has 0 bridgehead atoms. The third-order valence-electron chi connectivity index (χ3n) is 28.6. The first-order chi connectivity index (χ1) is 71.5. The van der Waals surface area contributed by atoms with Crippen molar-refractivity contribution in [3.05, 3.63) is 364 Å². The number of aliphatic hydroxyl groups is 1. The minimum absolute atomic E-state index is 0.0666. The molecular formula is C137H198FN9O3. The highest BCUT2D eigenvalue weighted by atomic mass is 19.1. The number of nitrogens with one attached hydrogen (secondary N) is 1. The summed E-state index contributed by atoms with van der Waals surface area (Å²) in [7, 11) is 8.26. The molecule has 5 fully saturated rings. The lowest BCUT2D eigenvalue weighted by Gasteiger charge is -2.24. The molecule has 0 radical (unpaired) electrons. The summed E-state index contributed by atoms with van der Waals surface area (Å²) < 4.78 is 21.3. The summed E-state index contributed by atoms with van der Waals surface area (Å²) in [5.74, 6) is 6.72. The summed E-state index contributed by atoms with van der Waals surface area (Å²) in [6.07, 6.45) is 17.6. The Morgan fingerprint density at radius 3 is 1.09 bits per heavy atom. The van der Waals surface area contributed by atoms with Crippen LogP contribution in [0.5, 0.6) is 0 Å². The summed E-state index contributed by atoms with van der Waals surface area (Å²) in [5.41, 5.74) is 26.8. The van der Waals surface area contributed by atoms with Crippen molar-refractivity contribution in [3.8, 4) is 5.69 Å². The van der Waals surface area contributed by atoms with E-state index in [0.29, 0.717) is 77.6 Å². The molecule has 2 N–H and O–H groups in total. The molecule has 5 aliphatic rings. The summed E-state index contributed by atoms with van der Waals surface area (Å²) in [4.78, 5) is 27.1. The smallest absolute Gasteiger partial charge is 0.227 e. The Kier molecular flexibility index (Phi) is 55.6. The molecule has 5 aliphatic heterocycles. The Balaban J connectivity index is 0.000000224. The van der Waals surface area contributed by atoms with E-state index in [1.54, 1.807) is 6.07 Å². The van der Waals surface area contributed by atoms with Gasteiger partial charge in [0, 0.05) is 171 Å². The predicted molar refractivity (Wildman–Crippen MR) is 655 cm³/mol. The number of hydrogen-bond donors (Lipinski definition) is 2. The molecule has 12 aromatic rings. The van der Waals surface area contributed by atoms with E-state index < -0.39 is 5.60 Å². The van der Waals surface area contributed by atoms with Gasteiger partial charge < -0.3 is 54.0 Å². The highest BCUT2D eigenvalue weighted by Gasteiger charge is 2.24. The van der Waals surface area contributed by atoms with Gasteiger partial charge in [-0.3, -0.25) is 4.79 Å². The van der Waals surface area contributed by atoms with Crippen LogP contribution in [0.2, 0.25) is 0 Å². The molecule has 13 heteroatoms. The average molecular weight is 2040 g/mol. The van der Waals surface area contributed by atoms with Gasteiger partial charge in [0.05, 0.1) is 11.3 Å². The maximum absolute atomic E-state index is 13.8. The molecule has 816 valence electrons. The number of carbonyl (C=O) groups is 1. The minimum Gasteiger partial charge on any atom is -0.390 e. The van der Waals surface area contributed by atoms with E-state index in [9.17, 15) is 14.3 Å². The third-order valence-corrected chi connectivity index (χ3v) is 28.6. The van der Waals surface area contributed by atoms with E-state index in [1.807, 2.05) is 49.1 Å². The van der Waals surface area contributed by atoms with Crippen LogP contribution < -0.4 is 39.6 Å². The van der Waals surface area contributed by atoms with E-state index in [1.165, 1.54) is 166 Å². The number of aryl methyl sites for hydroxylation is 1. The lowest BCUT2D eigenvalue weighted by atomic mass is 9.96. The quantitative estimate of drug-likeness (QED) is 0.0547. The van der Waals surface area contributed by atoms with Gasteiger partial charge in [-0.25, -0.2) is 4.39 Å². The zero-order valence-electron chi connectivity index (χ0n) is 98.6. The van der Waals surface area contributed by atoms with Gasteiger partial charge in [-0.1, -0.05) is 310 Å². The number of benzene rings is 11. The first kappa shape index (κ1) is 126. The van der Waals surface area contributed by atoms with Gasteiger partial charge in [0.25, 0.3) is 0 Å². The van der Waals surface area contributed by atoms with Gasteiger partial charge >= 0.3 is 0 Å². The fourth-order valence-corrected chi connectivity index (χ4v) is 18.1. The molecule has 0 aliphatic carbocycles. The Morgan fingerprint density at radius 2 is 0.693 bits per heavy atom. The van der Waals surface area contributed by atoms with Crippen molar-refractivity contribution in [1.29, 1.82) is 0 Å². The van der Waals surface area contributed by atoms with Gasteiger partial charge in [-0.2, -0.15) is 0 Å². The fourth-order valence-electron chi connectivity index (χ4n) is 18.1. The van der Waals surface area contributed by atoms with Crippen molar-refractivity contribution in [1.82, 2.24) is 4.57 Å². The van der Waals surface area contributed by atoms with Crippen LogP contribution in [-0.2, 0) is 16.0 Å². The van der Waals surface area contributed by atoms with Crippen LogP contribution >= 0.6 is 0 Å². The molecule has 1 aromatic heterocycles. The number of hydrogen-bond acceptors (Lipinski definition) is 10. The number of aromatic nitrogens is 1. The van der Waals surface area contributed by atoms with Crippen LogP contribution in [0, 0.1) is 5.82 Å². The highest BCUT2D eigenvalue weighted by Crippen LogP contribution is 2.33. The molecule has 17 rings (SSSR count). The van der Waals surface area contributed by atoms with E-state index >= 15 is 0 Å². The summed E-state index contributed by atoms with van der Waals surface area (Å²) in [6.45, 7) is 68.4. The Labute approximate surface area is 912 Å². The van der Waals surface area contributed by atoms with Crippen LogP contribution in [0.25, 0.3) is 5.69 Å². The van der Waals surface area contributed by atoms with Crippen LogP contribution in [0.1, 0.15) is 383 Å². The lowest BCUT2D eigenvalue weighted by Crippen LogP contribution is -2.27. The van der Waals surface area contributed by atoms with E-state index in [2.05, 4.69) is 489 Å². The number of ether oxygens (including phenoxy) is 1. The minimum atomic E-state index is -0.559. The second-order valence-corrected chi connectivity index (χ2v) is 45.5. The van der Waals surface area contributed by atoms with Crippen molar-refractivity contribution in [2.75, 3.05) is 140 Å². The standard InChI is InChI=1S/C14H21NO.C14H22O.C13H18FN.C13H17NO.2C13H19N.C13H15N.C13H21N.2C11H17N.C9H12/c1-11(2)12-3-5-13(6-4-12)15-14-7-9-16-10-8-14;1-11(2)13-7-5-12(6-8-13)9-10-14(3,4)15;1-10(2)11-5-6-13(12(14)9-11)15-7-3-4-8-15;1-10(2)11-5-7-12(8-6-11)14-9-3-4-13(14)15;1-11(2)12-5-7-13(8-6-12)14-9-3-4-10-14;2*1-11(2)12-6-5-7-13(10-12)14-8-3-4-9-14;1-5-14(6-2)13-9-7-8-12(10-13)11(3)4;1-9(2)10-5-7-11(8-6-10)12(3)4;1-9(2)10-6-5-7-11(8-10)12(3)4;1-8(2)9-6-4-3-5-7-9/h3-6,11,14-15H,7-10H2,1-2H3;5-8,11,15H,9-10H2,1-4H3;5-6,9-10H,3-4,7-8H2,1-2H3;5-8,10H,3-4,9H2,1-2H3;5-8,11H,3-4,9-10H2,1-2H3;5-7,10-11H,3-4,8-9H2,1-2H3;3-11H,1-2H3;7-11H,5-6H2,1-4H3;2*5-9H,1-4H3;3-8H,1-2H3. The summed E-state index contributed by atoms with van der Waals surface area (Å²) >= 11 is 0. The normalized spacial score (nSPS) is 13.8. The monoisotopic (exact) mass is 2040 g/mol. The second-order valence-electron chi connectivity index (χ2n) is 45.5. The number of amides is 1. The molecule has 150 heavy (non-hydrogen) atoms. The van der Waals surface area contributed by atoms with Gasteiger partial charge in [0.15, 0.2) is 0 Å². The SMILES string of the molecule is CC(C)c1ccc(CCC(C)(C)O)cc1.CC(C)c1ccc(N(C)C)cc1.CC(C)c1ccc(N2CCCC2)c(F)c1.CC(C)c1ccc(N2CCCC2)cc1.CC(C)c1ccc(N2CCCC2=O)cc1.CC(C)c1ccc(NC2CCOCC2)cc1.CC(C)c1cccc(-n2cccc2)c1.CC(C)c1cccc(N(C)C)c1.CC(C)c1cccc(N2CCCC2)c1.CC(C)c1ccccc1.CCN(CC)c1cccc(C(C)C)c1. The highest BCUT2D eigenvalue weighted by molar-refractivity contribution is 5.95. The first-order valence-corrected chi connectivity index (χ1v) is 57.1. The largest absolute Gasteiger partial charge is 0.390 e. The molecule has 12 nitrogen and oxygen atoms in total. The summed E-state index contributed by atoms with van der Waals surface area (Å²) in [5, 5.41) is 13.2. The van der Waals surface area contributed by atoms with Crippen molar-refractivity contribution in [2.45, 2.75) is 334 Å². The molecule has 0 saturated carbocycles. The maximum atomic E-state index is 13.8. The number of nitrogens with zero attached hydrogens (tertiary/aromatic N) is 8. The summed E-state index contributed by atoms with van der Waals surface area (Å²) in [6, 6.07) is 99.6. The Bertz CT molecular complexity index is 5510. The van der Waals surface area contributed by atoms with Crippen molar-refractivity contribution >= 4 is 51.4 Å². The zero-order chi connectivity index (χ0) is 110. The zero-order valence-corrected chi connectivity index (χ0v) is 98.6. The first-order valence-electron chi connectivity index (χ1n) is 57.1. The average Bonchev–Trinajstić information content (AvgIpc) is 1.56. The maximum Gasteiger partial charge on any atom is 0.227 e. The van der Waals surface area contributed by atoms with Crippen molar-refractivity contribution in [2.24, 2.45) is 0 Å². The predicted octanol–water partition coefficient (Wildman–Crippen LogP) is 36.0. The molecule has 1 amide bonds. The van der Waals surface area contributed by atoms with Crippen LogP contribution in [0.15, 0.2) is 291 Å². The molecule has 5 saturated heterocycles. The van der Waals surface area contributed by atoms with E-state index in [0.717, 1.165) is 95.0 Å². The van der Waals surface area contributed by atoms with E-state index in [-0.39, 0.29) is 11.7 Å². The number of anilines is 8. The van der Waals surface area contributed by atoms with Gasteiger partial charge in [-0.05, 0) is 352 Å². The molecule has 0 unspecified atom stereocenters. The van der Waals surface area contributed by atoms with Gasteiger partial charge in [0.1, 0.15) is 5.82 Å². The fraction of sp³-hybridized carbons (Fsp3) is 0.482.